The van der Waals surface area contributed by atoms with Crippen LogP contribution < -0.4 is 5.73 Å². The Morgan fingerprint density at radius 1 is 1.27 bits per heavy atom. The molecule has 0 aromatic carbocycles. The van der Waals surface area contributed by atoms with Gasteiger partial charge < -0.3 is 15.8 Å². The second kappa shape index (κ2) is 6.78. The topological polar surface area (TPSA) is 129 Å². The van der Waals surface area contributed by atoms with Crippen LogP contribution in [0.25, 0.3) is 22.5 Å². The summed E-state index contributed by atoms with van der Waals surface area (Å²) in [6.07, 6.45) is 9.89. The van der Waals surface area contributed by atoms with Crippen molar-refractivity contribution in [1.82, 2.24) is 15.0 Å². The number of aromatic nitrogens is 3. The minimum Gasteiger partial charge on any atom is -0.478 e. The molecule has 0 bridgehead atoms. The van der Waals surface area contributed by atoms with Gasteiger partial charge in [0.25, 0.3) is 0 Å². The molecule has 3 heterocycles. The number of H-pyrrole nitrogens is 1. The summed E-state index contributed by atoms with van der Waals surface area (Å²) in [5.74, 6) is -0.908. The van der Waals surface area contributed by atoms with Gasteiger partial charge in [0.1, 0.15) is 6.07 Å². The van der Waals surface area contributed by atoms with Crippen LogP contribution >= 0.6 is 0 Å². The highest BCUT2D eigenvalue weighted by molar-refractivity contribution is 5.94. The van der Waals surface area contributed by atoms with Crippen molar-refractivity contribution < 1.29 is 9.90 Å². The largest absolute Gasteiger partial charge is 0.478 e. The number of nitrogens with zero attached hydrogens (tertiary/aromatic N) is 3. The van der Waals surface area contributed by atoms with E-state index in [0.29, 0.717) is 35.4 Å². The Labute approximate surface area is 173 Å². The zero-order valence-electron chi connectivity index (χ0n) is 16.4. The number of nitriles is 1. The van der Waals surface area contributed by atoms with E-state index < -0.39 is 5.97 Å². The quantitative estimate of drug-likeness (QED) is 0.618. The summed E-state index contributed by atoms with van der Waals surface area (Å²) >= 11 is 0. The van der Waals surface area contributed by atoms with Crippen LogP contribution in [0.2, 0.25) is 0 Å². The van der Waals surface area contributed by atoms with Crippen LogP contribution in [-0.4, -0.2) is 31.6 Å². The molecule has 1 saturated carbocycles. The van der Waals surface area contributed by atoms with E-state index in [-0.39, 0.29) is 5.54 Å². The van der Waals surface area contributed by atoms with Crippen LogP contribution in [0.15, 0.2) is 30.7 Å². The second-order valence-corrected chi connectivity index (χ2v) is 8.33. The Morgan fingerprint density at radius 2 is 2.10 bits per heavy atom. The SMILES string of the molecule is N#Cc1cncc(-c2cc3c(cn2)CCc2c-3[nH]c(CC3(N)CCC3)c2C(=O)O)c1. The number of hydrogen-bond acceptors (Lipinski definition) is 5. The van der Waals surface area contributed by atoms with E-state index in [1.54, 1.807) is 12.3 Å². The van der Waals surface area contributed by atoms with Crippen molar-refractivity contribution >= 4 is 5.97 Å². The zero-order chi connectivity index (χ0) is 20.9. The average Bonchev–Trinajstić information content (AvgIpc) is 3.10. The molecule has 4 N–H and O–H groups in total. The molecule has 150 valence electrons. The van der Waals surface area contributed by atoms with Gasteiger partial charge in [-0.1, -0.05) is 0 Å². The predicted octanol–water partition coefficient (Wildman–Crippen LogP) is 3.23. The van der Waals surface area contributed by atoms with Crippen LogP contribution in [0.5, 0.6) is 0 Å². The minimum atomic E-state index is -0.908. The Kier molecular flexibility index (Phi) is 4.19. The summed E-state index contributed by atoms with van der Waals surface area (Å²) in [5, 5.41) is 19.1. The molecule has 0 radical (unpaired) electrons. The number of fused-ring (bicyclic) bond motifs is 3. The van der Waals surface area contributed by atoms with Crippen LogP contribution in [0.3, 0.4) is 0 Å². The summed E-state index contributed by atoms with van der Waals surface area (Å²) in [6, 6.07) is 5.81. The maximum Gasteiger partial charge on any atom is 0.337 e. The lowest BCUT2D eigenvalue weighted by atomic mass is 9.74. The number of hydrogen-bond donors (Lipinski definition) is 3. The Morgan fingerprint density at radius 3 is 2.80 bits per heavy atom. The second-order valence-electron chi connectivity index (χ2n) is 8.33. The molecule has 0 atom stereocenters. The summed E-state index contributed by atoms with van der Waals surface area (Å²) in [7, 11) is 0. The molecular weight excluding hydrogens is 378 g/mol. The monoisotopic (exact) mass is 399 g/mol. The van der Waals surface area contributed by atoms with Crippen molar-refractivity contribution in [3.63, 3.8) is 0 Å². The third-order valence-corrected chi connectivity index (χ3v) is 6.34. The molecule has 3 aromatic heterocycles. The number of aromatic carboxylic acids is 1. The minimum absolute atomic E-state index is 0.312. The first-order valence-corrected chi connectivity index (χ1v) is 10.1. The number of carbonyl (C=O) groups is 1. The molecular formula is C23H21N5O2. The fourth-order valence-corrected chi connectivity index (χ4v) is 4.60. The molecule has 7 nitrogen and oxygen atoms in total. The number of pyridine rings is 2. The highest BCUT2D eigenvalue weighted by Gasteiger charge is 2.36. The predicted molar refractivity (Wildman–Crippen MR) is 111 cm³/mol. The van der Waals surface area contributed by atoms with Crippen molar-refractivity contribution in [1.29, 1.82) is 5.26 Å². The van der Waals surface area contributed by atoms with Crippen molar-refractivity contribution in [3.8, 4) is 28.6 Å². The number of carboxylic acids is 1. The first-order chi connectivity index (χ1) is 14.5. The molecule has 2 aliphatic rings. The van der Waals surface area contributed by atoms with Gasteiger partial charge in [-0.05, 0) is 55.4 Å². The molecule has 30 heavy (non-hydrogen) atoms. The maximum absolute atomic E-state index is 12.1. The van der Waals surface area contributed by atoms with E-state index in [9.17, 15) is 9.90 Å². The molecule has 0 aliphatic heterocycles. The van der Waals surface area contributed by atoms with Gasteiger partial charge in [0.05, 0.1) is 22.5 Å². The first kappa shape index (κ1) is 18.5. The molecule has 1 fully saturated rings. The lowest BCUT2D eigenvalue weighted by Gasteiger charge is -2.38. The van der Waals surface area contributed by atoms with Crippen LogP contribution in [0, 0.1) is 11.3 Å². The molecule has 5 rings (SSSR count). The van der Waals surface area contributed by atoms with Crippen molar-refractivity contribution in [2.24, 2.45) is 5.73 Å². The van der Waals surface area contributed by atoms with Gasteiger partial charge >= 0.3 is 5.97 Å². The Bertz CT molecular complexity index is 1220. The van der Waals surface area contributed by atoms with Crippen LogP contribution in [-0.2, 0) is 19.3 Å². The average molecular weight is 399 g/mol. The van der Waals surface area contributed by atoms with E-state index in [4.69, 9.17) is 11.0 Å². The number of aromatic amines is 1. The van der Waals surface area contributed by atoms with Crippen molar-refractivity contribution in [3.05, 3.63) is 58.7 Å². The molecule has 0 saturated heterocycles. The third-order valence-electron chi connectivity index (χ3n) is 6.34. The fourth-order valence-electron chi connectivity index (χ4n) is 4.60. The molecule has 7 heteroatoms. The summed E-state index contributed by atoms with van der Waals surface area (Å²) < 4.78 is 0. The van der Waals surface area contributed by atoms with E-state index >= 15 is 0 Å². The number of nitrogens with one attached hydrogen (secondary N) is 1. The van der Waals surface area contributed by atoms with E-state index in [1.807, 2.05) is 12.3 Å². The van der Waals surface area contributed by atoms with E-state index in [1.165, 1.54) is 6.20 Å². The summed E-state index contributed by atoms with van der Waals surface area (Å²) in [4.78, 5) is 24.2. The fraction of sp³-hybridized carbons (Fsp3) is 0.304. The maximum atomic E-state index is 12.1. The highest BCUT2D eigenvalue weighted by Crippen LogP contribution is 2.40. The summed E-state index contributed by atoms with van der Waals surface area (Å²) in [5.41, 5.74) is 12.9. The number of rotatable bonds is 4. The van der Waals surface area contributed by atoms with Gasteiger partial charge in [-0.3, -0.25) is 9.97 Å². The van der Waals surface area contributed by atoms with Crippen molar-refractivity contribution in [2.45, 2.75) is 44.1 Å². The van der Waals surface area contributed by atoms with Gasteiger partial charge in [-0.15, -0.1) is 0 Å². The Balaban J connectivity index is 1.62. The lowest BCUT2D eigenvalue weighted by Crippen LogP contribution is -2.48. The number of aryl methyl sites for hydroxylation is 1. The molecule has 0 spiro atoms. The van der Waals surface area contributed by atoms with Gasteiger partial charge in [-0.2, -0.15) is 5.26 Å². The van der Waals surface area contributed by atoms with Gasteiger partial charge in [0.2, 0.25) is 0 Å². The standard InChI is InChI=1S/C23H21N5O2/c24-9-13-6-15(11-26-10-13)18-7-17-14(12-27-18)2-3-16-20(22(29)30)19(28-21(16)17)8-23(25)4-1-5-23/h6-7,10-12,28H,1-5,8,25H2,(H,29,30). The van der Waals surface area contributed by atoms with Crippen molar-refractivity contribution in [2.75, 3.05) is 0 Å². The van der Waals surface area contributed by atoms with E-state index in [0.717, 1.165) is 53.6 Å². The normalized spacial score (nSPS) is 16.1. The van der Waals surface area contributed by atoms with Gasteiger partial charge in [0.15, 0.2) is 0 Å². The van der Waals surface area contributed by atoms with E-state index in [2.05, 4.69) is 21.0 Å². The number of carboxylic acid groups (broad SMARTS) is 1. The smallest absolute Gasteiger partial charge is 0.337 e. The molecule has 0 amide bonds. The molecule has 0 unspecified atom stereocenters. The van der Waals surface area contributed by atoms with Gasteiger partial charge in [-0.25, -0.2) is 4.79 Å². The zero-order valence-corrected chi connectivity index (χ0v) is 16.4. The van der Waals surface area contributed by atoms with Crippen LogP contribution in [0.1, 0.15) is 52.0 Å². The highest BCUT2D eigenvalue weighted by atomic mass is 16.4. The molecule has 2 aliphatic carbocycles. The summed E-state index contributed by atoms with van der Waals surface area (Å²) in [6.45, 7) is 0. The lowest BCUT2D eigenvalue weighted by molar-refractivity contribution is 0.0694. The van der Waals surface area contributed by atoms with Crippen LogP contribution in [0.4, 0.5) is 0 Å². The number of nitrogens with two attached hydrogens (primary N) is 1. The Hall–Kier alpha value is -3.50. The molecule has 3 aromatic rings. The van der Waals surface area contributed by atoms with Gasteiger partial charge in [0, 0.05) is 47.4 Å². The third kappa shape index (κ3) is 2.97. The first-order valence-electron chi connectivity index (χ1n) is 10.1.